The average Bonchev–Trinajstić information content (AvgIpc) is 3.70. The predicted molar refractivity (Wildman–Crippen MR) is 175 cm³/mol. The molecule has 5 rings (SSSR count). The van der Waals surface area contributed by atoms with Gasteiger partial charge in [-0.1, -0.05) is 42.0 Å². The number of hydrogen-bond acceptors (Lipinski definition) is 7. The number of carboxylic acids is 2. The van der Waals surface area contributed by atoms with Crippen molar-refractivity contribution in [1.82, 2.24) is 0 Å². The van der Waals surface area contributed by atoms with Crippen molar-refractivity contribution in [1.29, 1.82) is 10.5 Å². The predicted octanol–water partition coefficient (Wildman–Crippen LogP) is 8.90. The number of aliphatic carboxylic acids is 2. The number of nitrogens with zero attached hydrogens (tertiary/aromatic N) is 3. The van der Waals surface area contributed by atoms with Crippen molar-refractivity contribution < 1.29 is 19.8 Å². The van der Waals surface area contributed by atoms with Gasteiger partial charge in [-0.05, 0) is 90.9 Å². The third kappa shape index (κ3) is 6.66. The van der Waals surface area contributed by atoms with Gasteiger partial charge in [0.2, 0.25) is 0 Å². The lowest BCUT2D eigenvalue weighted by Gasteiger charge is -2.26. The fraction of sp³-hybridized carbons (Fsp3) is 0.0286. The van der Waals surface area contributed by atoms with Gasteiger partial charge in [0.05, 0.1) is 0 Å². The number of anilines is 3. The second-order valence-electron chi connectivity index (χ2n) is 9.62. The zero-order valence-corrected chi connectivity index (χ0v) is 24.9. The molecule has 0 saturated heterocycles. The van der Waals surface area contributed by atoms with E-state index in [0.717, 1.165) is 43.5 Å². The van der Waals surface area contributed by atoms with Crippen molar-refractivity contribution in [2.45, 2.75) is 6.92 Å². The Morgan fingerprint density at radius 1 is 0.614 bits per heavy atom. The molecule has 7 nitrogen and oxygen atoms in total. The average molecular weight is 614 g/mol. The van der Waals surface area contributed by atoms with Crippen LogP contribution in [0.15, 0.2) is 108 Å². The monoisotopic (exact) mass is 613 g/mol. The summed E-state index contributed by atoms with van der Waals surface area (Å²) in [5, 5.41) is 36.4. The largest absolute Gasteiger partial charge is 0.477 e. The van der Waals surface area contributed by atoms with Crippen LogP contribution in [0.4, 0.5) is 17.1 Å². The normalized spacial score (nSPS) is 11.4. The van der Waals surface area contributed by atoms with Crippen molar-refractivity contribution in [2.24, 2.45) is 0 Å². The minimum atomic E-state index is -1.25. The Morgan fingerprint density at radius 3 is 1.32 bits per heavy atom. The molecule has 0 atom stereocenters. The van der Waals surface area contributed by atoms with E-state index >= 15 is 0 Å². The van der Waals surface area contributed by atoms with Crippen LogP contribution >= 0.6 is 22.7 Å². The lowest BCUT2D eigenvalue weighted by molar-refractivity contribution is -0.133. The van der Waals surface area contributed by atoms with E-state index in [9.17, 15) is 9.59 Å². The zero-order valence-electron chi connectivity index (χ0n) is 23.3. The van der Waals surface area contributed by atoms with Crippen molar-refractivity contribution >= 4 is 63.8 Å². The standard InChI is InChI=1S/C35H23N3O4S2/c1-22-2-8-27(9-3-22)38(28-10-4-23(5-11-28)32-16-14-30(43-32)18-25(20-36)34(39)40)29-12-6-24(7-13-29)33-17-15-31(44-33)19-26(21-37)35(41)42/h2-19H,1H3,(H,39,40)(H,41,42)/b25-18+,26-19+. The van der Waals surface area contributed by atoms with Crippen LogP contribution in [0.25, 0.3) is 33.0 Å². The highest BCUT2D eigenvalue weighted by atomic mass is 32.1. The van der Waals surface area contributed by atoms with Crippen LogP contribution in [0.3, 0.4) is 0 Å². The molecular formula is C35H23N3O4S2. The molecule has 44 heavy (non-hydrogen) atoms. The van der Waals surface area contributed by atoms with Crippen molar-refractivity contribution in [3.63, 3.8) is 0 Å². The number of thiophene rings is 2. The van der Waals surface area contributed by atoms with Crippen LogP contribution in [0, 0.1) is 29.6 Å². The van der Waals surface area contributed by atoms with Crippen LogP contribution in [-0.4, -0.2) is 22.2 Å². The molecule has 0 aliphatic carbocycles. The molecule has 9 heteroatoms. The first-order valence-electron chi connectivity index (χ1n) is 13.2. The molecular weight excluding hydrogens is 591 g/mol. The van der Waals surface area contributed by atoms with Crippen LogP contribution in [0.1, 0.15) is 15.3 Å². The van der Waals surface area contributed by atoms with Crippen molar-refractivity contribution in [3.05, 3.63) is 124 Å². The van der Waals surface area contributed by atoms with E-state index in [1.54, 1.807) is 24.3 Å². The molecule has 0 amide bonds. The molecule has 0 radical (unpaired) electrons. The Kier molecular flexibility index (Phi) is 8.82. The summed E-state index contributed by atoms with van der Waals surface area (Å²) < 4.78 is 0. The lowest BCUT2D eigenvalue weighted by Crippen LogP contribution is -2.09. The van der Waals surface area contributed by atoms with Crippen LogP contribution in [-0.2, 0) is 9.59 Å². The number of carboxylic acid groups (broad SMARTS) is 2. The number of benzene rings is 3. The molecule has 3 aromatic carbocycles. The van der Waals surface area contributed by atoms with Gasteiger partial charge in [0.1, 0.15) is 23.3 Å². The maximum atomic E-state index is 11.2. The molecule has 5 aromatic rings. The maximum Gasteiger partial charge on any atom is 0.346 e. The van der Waals surface area contributed by atoms with E-state index in [1.165, 1.54) is 34.8 Å². The molecule has 2 aromatic heterocycles. The summed E-state index contributed by atoms with van der Waals surface area (Å²) in [7, 11) is 0. The highest BCUT2D eigenvalue weighted by Crippen LogP contribution is 2.38. The van der Waals surface area contributed by atoms with Gasteiger partial charge in [0.15, 0.2) is 0 Å². The van der Waals surface area contributed by atoms with Gasteiger partial charge in [0.25, 0.3) is 0 Å². The summed E-state index contributed by atoms with van der Waals surface area (Å²) in [5.41, 5.74) is 5.34. The minimum Gasteiger partial charge on any atom is -0.477 e. The molecule has 0 saturated carbocycles. The number of carbonyl (C=O) groups is 2. The first-order chi connectivity index (χ1) is 21.2. The minimum absolute atomic E-state index is 0.309. The van der Waals surface area contributed by atoms with E-state index in [0.29, 0.717) is 9.75 Å². The van der Waals surface area contributed by atoms with Crippen LogP contribution in [0.5, 0.6) is 0 Å². The lowest BCUT2D eigenvalue weighted by atomic mass is 10.1. The van der Waals surface area contributed by atoms with Gasteiger partial charge in [0, 0.05) is 36.6 Å². The third-order valence-corrected chi connectivity index (χ3v) is 8.80. The number of nitriles is 2. The molecule has 0 unspecified atom stereocenters. The molecule has 0 aliphatic rings. The molecule has 2 N–H and O–H groups in total. The Hall–Kier alpha value is -5.74. The molecule has 0 aliphatic heterocycles. The zero-order chi connectivity index (χ0) is 31.2. The van der Waals surface area contributed by atoms with Gasteiger partial charge in [-0.25, -0.2) is 9.59 Å². The molecule has 0 fully saturated rings. The summed E-state index contributed by atoms with van der Waals surface area (Å²) in [6.07, 6.45) is 2.75. The number of rotatable bonds is 9. The first kappa shape index (κ1) is 29.7. The summed E-state index contributed by atoms with van der Waals surface area (Å²) in [5.74, 6) is -2.50. The van der Waals surface area contributed by atoms with Gasteiger partial charge in [-0.3, -0.25) is 0 Å². The SMILES string of the molecule is Cc1ccc(N(c2ccc(-c3ccc(/C=C(\C#N)C(=O)O)s3)cc2)c2ccc(-c3ccc(/C=C(\C#N)C(=O)O)s3)cc2)cc1. The summed E-state index contributed by atoms with van der Waals surface area (Å²) >= 11 is 2.82. The second-order valence-corrected chi connectivity index (χ2v) is 11.8. The van der Waals surface area contributed by atoms with Gasteiger partial charge in [-0.15, -0.1) is 22.7 Å². The van der Waals surface area contributed by atoms with E-state index < -0.39 is 11.9 Å². The van der Waals surface area contributed by atoms with Crippen LogP contribution < -0.4 is 4.90 Å². The third-order valence-electron chi connectivity index (χ3n) is 6.64. The second kappa shape index (κ2) is 13.1. The van der Waals surface area contributed by atoms with E-state index in [1.807, 2.05) is 67.6 Å². The van der Waals surface area contributed by atoms with E-state index in [-0.39, 0.29) is 11.1 Å². The van der Waals surface area contributed by atoms with Gasteiger partial charge >= 0.3 is 11.9 Å². The fourth-order valence-corrected chi connectivity index (χ4v) is 6.34. The quantitative estimate of drug-likeness (QED) is 0.126. The smallest absolute Gasteiger partial charge is 0.346 e. The number of aryl methyl sites for hydroxylation is 1. The van der Waals surface area contributed by atoms with Gasteiger partial charge in [-0.2, -0.15) is 10.5 Å². The van der Waals surface area contributed by atoms with Crippen LogP contribution in [0.2, 0.25) is 0 Å². The maximum absolute atomic E-state index is 11.2. The number of hydrogen-bond donors (Lipinski definition) is 2. The summed E-state index contributed by atoms with van der Waals surface area (Å²) in [6.45, 7) is 2.04. The first-order valence-corrected chi connectivity index (χ1v) is 14.9. The highest BCUT2D eigenvalue weighted by Gasteiger charge is 2.15. The highest BCUT2D eigenvalue weighted by molar-refractivity contribution is 7.16. The van der Waals surface area contributed by atoms with E-state index in [2.05, 4.69) is 29.2 Å². The Bertz CT molecular complexity index is 1860. The molecule has 0 spiro atoms. The molecule has 214 valence electrons. The van der Waals surface area contributed by atoms with Gasteiger partial charge < -0.3 is 15.1 Å². The topological polar surface area (TPSA) is 125 Å². The Balaban J connectivity index is 1.45. The molecule has 2 heterocycles. The fourth-order valence-electron chi connectivity index (χ4n) is 4.43. The van der Waals surface area contributed by atoms with Crippen molar-refractivity contribution in [3.8, 4) is 33.0 Å². The summed E-state index contributed by atoms with van der Waals surface area (Å²) in [6, 6.07) is 35.3. The molecule has 0 bridgehead atoms. The van der Waals surface area contributed by atoms with Crippen molar-refractivity contribution in [2.75, 3.05) is 4.90 Å². The van der Waals surface area contributed by atoms with E-state index in [4.69, 9.17) is 20.7 Å². The summed E-state index contributed by atoms with van der Waals surface area (Å²) in [4.78, 5) is 27.8. The Morgan fingerprint density at radius 2 is 0.977 bits per heavy atom. The Labute approximate surface area is 261 Å².